The van der Waals surface area contributed by atoms with Crippen LogP contribution in [0, 0.1) is 0 Å². The topological polar surface area (TPSA) is 176 Å². The molecule has 0 radical (unpaired) electrons. The molecule has 0 saturated heterocycles. The van der Waals surface area contributed by atoms with Crippen LogP contribution in [0.2, 0.25) is 0 Å². The normalized spacial score (nSPS) is 11.8. The Labute approximate surface area is 130 Å². The summed E-state index contributed by atoms with van der Waals surface area (Å²) in [6, 6.07) is 5.02. The number of carbonyl (C=O) groups is 3. The van der Waals surface area contributed by atoms with Gasteiger partial charge in [-0.15, -0.1) is 0 Å². The second-order valence-corrected chi connectivity index (χ2v) is 5.77. The smallest absolute Gasteiger partial charge is 0.352 e. The Morgan fingerprint density at radius 1 is 1.13 bits per heavy atom. The molecule has 0 aliphatic rings. The molecule has 0 aliphatic heterocycles. The zero-order valence-corrected chi connectivity index (χ0v) is 12.4. The molecule has 1 aromatic carbocycles. The number of amides is 1. The van der Waals surface area contributed by atoms with E-state index in [9.17, 15) is 22.8 Å². The Bertz CT molecular complexity index is 771. The molecule has 1 rings (SSSR count). The number of nitrogens with two attached hydrogens (primary N) is 1. The molecule has 0 fully saturated rings. The Morgan fingerprint density at radius 2 is 1.74 bits per heavy atom. The summed E-state index contributed by atoms with van der Waals surface area (Å²) in [7, 11) is -4.16. The largest absolute Gasteiger partial charge is 0.481 e. The predicted molar refractivity (Wildman–Crippen MR) is 77.2 cm³/mol. The summed E-state index contributed by atoms with van der Waals surface area (Å²) in [5.74, 6) is -3.74. The molecule has 0 saturated carbocycles. The van der Waals surface area contributed by atoms with Crippen LogP contribution < -0.4 is 10.6 Å². The van der Waals surface area contributed by atoms with Crippen LogP contribution in [-0.4, -0.2) is 42.2 Å². The Kier molecular flexibility index (Phi) is 5.93. The van der Waals surface area contributed by atoms with Crippen molar-refractivity contribution in [2.75, 3.05) is 0 Å². The second kappa shape index (κ2) is 7.47. The first kappa shape index (κ1) is 18.3. The first-order valence-corrected chi connectivity index (χ1v) is 7.61. The van der Waals surface area contributed by atoms with Crippen LogP contribution in [0.1, 0.15) is 23.2 Å². The van der Waals surface area contributed by atoms with Crippen LogP contribution in [0.3, 0.4) is 0 Å². The highest BCUT2D eigenvalue weighted by Gasteiger charge is 2.19. The van der Waals surface area contributed by atoms with Crippen LogP contribution in [0.5, 0.6) is 0 Å². The van der Waals surface area contributed by atoms with Gasteiger partial charge in [-0.05, 0) is 12.1 Å². The number of hydrogen-bond donors (Lipinski definition) is 4. The molecular weight excluding hydrogens is 330 g/mol. The molecule has 10 nitrogen and oxygen atoms in total. The standard InChI is InChI=1S/C12H13N3O7S/c13-23(21,22)9-4-2-1-3-7(9)11(18)15-14-8(12(19)20)5-6-10(16)17/h1-4H,5-6H2,(H,15,18)(H,16,17)(H,19,20)(H2,13,21,22). The van der Waals surface area contributed by atoms with Gasteiger partial charge in [-0.3, -0.25) is 9.59 Å². The third-order valence-electron chi connectivity index (χ3n) is 2.55. The lowest BCUT2D eigenvalue weighted by atomic mass is 10.2. The van der Waals surface area contributed by atoms with Crippen molar-refractivity contribution in [3.05, 3.63) is 29.8 Å². The van der Waals surface area contributed by atoms with E-state index in [4.69, 9.17) is 15.4 Å². The van der Waals surface area contributed by atoms with Crippen molar-refractivity contribution in [1.82, 2.24) is 5.43 Å². The number of hydrogen-bond acceptors (Lipinski definition) is 6. The van der Waals surface area contributed by atoms with Crippen LogP contribution in [0.4, 0.5) is 0 Å². The summed E-state index contributed by atoms with van der Waals surface area (Å²) in [6.07, 6.45) is -0.906. The van der Waals surface area contributed by atoms with E-state index in [1.807, 2.05) is 5.43 Å². The number of hydrazone groups is 1. The fourth-order valence-corrected chi connectivity index (χ4v) is 2.25. The average Bonchev–Trinajstić information content (AvgIpc) is 2.45. The minimum Gasteiger partial charge on any atom is -0.481 e. The number of nitrogens with one attached hydrogen (secondary N) is 1. The van der Waals surface area contributed by atoms with E-state index < -0.39 is 51.3 Å². The monoisotopic (exact) mass is 343 g/mol. The number of nitrogens with zero attached hydrogens (tertiary/aromatic N) is 1. The summed E-state index contributed by atoms with van der Waals surface area (Å²) in [6.45, 7) is 0. The maximum Gasteiger partial charge on any atom is 0.352 e. The molecule has 5 N–H and O–H groups in total. The lowest BCUT2D eigenvalue weighted by Crippen LogP contribution is -2.26. The number of carboxylic acids is 2. The molecule has 11 heteroatoms. The molecule has 0 aromatic heterocycles. The number of aliphatic carboxylic acids is 2. The number of primary sulfonamides is 1. The summed E-state index contributed by atoms with van der Waals surface area (Å²) in [5, 5.41) is 25.7. The van der Waals surface area contributed by atoms with Crippen LogP contribution in [0.15, 0.2) is 34.3 Å². The Morgan fingerprint density at radius 3 is 2.26 bits per heavy atom. The van der Waals surface area contributed by atoms with Gasteiger partial charge in [0.15, 0.2) is 0 Å². The van der Waals surface area contributed by atoms with E-state index in [0.29, 0.717) is 0 Å². The van der Waals surface area contributed by atoms with Gasteiger partial charge in [0, 0.05) is 6.42 Å². The van der Waals surface area contributed by atoms with Crippen molar-refractivity contribution in [1.29, 1.82) is 0 Å². The molecule has 0 aliphatic carbocycles. The molecule has 0 unspecified atom stereocenters. The SMILES string of the molecule is NS(=O)(=O)c1ccccc1C(=O)NN=C(CCC(=O)O)C(=O)O. The maximum absolute atomic E-state index is 11.9. The maximum atomic E-state index is 11.9. The molecule has 0 atom stereocenters. The van der Waals surface area contributed by atoms with E-state index in [1.54, 1.807) is 0 Å². The van der Waals surface area contributed by atoms with Gasteiger partial charge < -0.3 is 10.2 Å². The third-order valence-corrected chi connectivity index (χ3v) is 3.52. The summed E-state index contributed by atoms with van der Waals surface area (Å²) in [4.78, 5) is 32.8. The number of sulfonamides is 1. The highest BCUT2D eigenvalue weighted by atomic mass is 32.2. The van der Waals surface area contributed by atoms with Crippen LogP contribution in [-0.2, 0) is 19.6 Å². The average molecular weight is 343 g/mol. The fourth-order valence-electron chi connectivity index (χ4n) is 1.52. The van der Waals surface area contributed by atoms with E-state index in [2.05, 4.69) is 5.10 Å². The summed E-state index contributed by atoms with van der Waals surface area (Å²) < 4.78 is 22.8. The van der Waals surface area contributed by atoms with Crippen molar-refractivity contribution in [2.45, 2.75) is 17.7 Å². The molecule has 124 valence electrons. The summed E-state index contributed by atoms with van der Waals surface area (Å²) in [5.41, 5.74) is 0.965. The van der Waals surface area contributed by atoms with Gasteiger partial charge in [0.1, 0.15) is 5.71 Å². The molecule has 1 aromatic rings. The van der Waals surface area contributed by atoms with Gasteiger partial charge in [-0.25, -0.2) is 23.8 Å². The highest BCUT2D eigenvalue weighted by molar-refractivity contribution is 7.89. The van der Waals surface area contributed by atoms with Crippen molar-refractivity contribution in [3.8, 4) is 0 Å². The number of benzene rings is 1. The van der Waals surface area contributed by atoms with E-state index in [0.717, 1.165) is 6.07 Å². The quantitative estimate of drug-likeness (QED) is 0.376. The zero-order valence-electron chi connectivity index (χ0n) is 11.6. The number of rotatable bonds is 7. The van der Waals surface area contributed by atoms with Crippen LogP contribution >= 0.6 is 0 Å². The zero-order chi connectivity index (χ0) is 17.6. The van der Waals surface area contributed by atoms with Crippen LogP contribution in [0.25, 0.3) is 0 Å². The second-order valence-electron chi connectivity index (χ2n) is 4.24. The number of carboxylic acid groups (broad SMARTS) is 2. The minimum atomic E-state index is -4.16. The molecule has 0 spiro atoms. The van der Waals surface area contributed by atoms with Crippen molar-refractivity contribution in [2.24, 2.45) is 10.2 Å². The lowest BCUT2D eigenvalue weighted by molar-refractivity contribution is -0.136. The first-order chi connectivity index (χ1) is 10.6. The van der Waals surface area contributed by atoms with Gasteiger partial charge in [0.25, 0.3) is 5.91 Å². The minimum absolute atomic E-state index is 0.318. The van der Waals surface area contributed by atoms with E-state index in [-0.39, 0.29) is 5.56 Å². The van der Waals surface area contributed by atoms with Crippen molar-refractivity contribution in [3.63, 3.8) is 0 Å². The Hall–Kier alpha value is -2.79. The van der Waals surface area contributed by atoms with Gasteiger partial charge >= 0.3 is 11.9 Å². The van der Waals surface area contributed by atoms with E-state index >= 15 is 0 Å². The fraction of sp³-hybridized carbons (Fsp3) is 0.167. The van der Waals surface area contributed by atoms with Gasteiger partial charge in [-0.1, -0.05) is 12.1 Å². The number of carbonyl (C=O) groups excluding carboxylic acids is 1. The van der Waals surface area contributed by atoms with E-state index in [1.165, 1.54) is 18.2 Å². The molecular formula is C12H13N3O7S. The Balaban J connectivity index is 3.01. The van der Waals surface area contributed by atoms with Crippen molar-refractivity contribution < 1.29 is 33.0 Å². The molecule has 23 heavy (non-hydrogen) atoms. The van der Waals surface area contributed by atoms with Gasteiger partial charge in [-0.2, -0.15) is 5.10 Å². The molecule has 1 amide bonds. The third kappa shape index (κ3) is 5.48. The summed E-state index contributed by atoms with van der Waals surface area (Å²) >= 11 is 0. The van der Waals surface area contributed by atoms with Crippen molar-refractivity contribution >= 4 is 33.6 Å². The predicted octanol–water partition coefficient (Wildman–Crippen LogP) is -0.631. The van der Waals surface area contributed by atoms with Gasteiger partial charge in [0.2, 0.25) is 10.0 Å². The first-order valence-electron chi connectivity index (χ1n) is 6.06. The molecule has 0 bridgehead atoms. The van der Waals surface area contributed by atoms with Gasteiger partial charge in [0.05, 0.1) is 16.9 Å². The molecule has 0 heterocycles. The highest BCUT2D eigenvalue weighted by Crippen LogP contribution is 2.13. The lowest BCUT2D eigenvalue weighted by Gasteiger charge is -2.06.